The molecule has 1 fully saturated rings. The number of anilines is 1. The molecule has 0 radical (unpaired) electrons. The van der Waals surface area contributed by atoms with Gasteiger partial charge in [0.2, 0.25) is 5.91 Å². The van der Waals surface area contributed by atoms with E-state index in [4.69, 9.17) is 0 Å². The SMILES string of the molecule is CCNC(=O)C1CN(c2sc(S(C)(=O)=O)cc2[N+](=O)[O-])C1. The third-order valence-corrected chi connectivity index (χ3v) is 6.11. The van der Waals surface area contributed by atoms with Gasteiger partial charge in [0.05, 0.1) is 10.8 Å². The Morgan fingerprint density at radius 2 is 2.19 bits per heavy atom. The van der Waals surface area contributed by atoms with E-state index in [2.05, 4.69) is 5.32 Å². The lowest BCUT2D eigenvalue weighted by atomic mass is 9.99. The third kappa shape index (κ3) is 3.16. The van der Waals surface area contributed by atoms with Gasteiger partial charge in [0.15, 0.2) is 14.8 Å². The van der Waals surface area contributed by atoms with E-state index in [0.29, 0.717) is 24.6 Å². The maximum Gasteiger partial charge on any atom is 0.305 e. The summed E-state index contributed by atoms with van der Waals surface area (Å²) in [6.45, 7) is 3.07. The number of sulfone groups is 1. The molecule has 0 spiro atoms. The van der Waals surface area contributed by atoms with Gasteiger partial charge < -0.3 is 10.2 Å². The average Bonchev–Trinajstić information content (AvgIpc) is 2.71. The van der Waals surface area contributed by atoms with Crippen molar-refractivity contribution in [2.45, 2.75) is 11.1 Å². The fourth-order valence-corrected chi connectivity index (χ4v) is 4.06. The molecule has 1 amide bonds. The standard InChI is InChI=1S/C11H15N3O5S2/c1-3-12-10(15)7-5-13(6-7)11-8(14(16)17)4-9(20-11)21(2,18)19/h4,7H,3,5-6H2,1-2H3,(H,12,15). The highest BCUT2D eigenvalue weighted by Crippen LogP contribution is 2.42. The van der Waals surface area contributed by atoms with Gasteiger partial charge in [-0.25, -0.2) is 8.42 Å². The first kappa shape index (κ1) is 15.7. The van der Waals surface area contributed by atoms with Gasteiger partial charge in [-0.3, -0.25) is 14.9 Å². The second-order valence-corrected chi connectivity index (χ2v) is 8.05. The predicted molar refractivity (Wildman–Crippen MR) is 78.5 cm³/mol. The molecule has 21 heavy (non-hydrogen) atoms. The number of nitro groups is 1. The molecule has 116 valence electrons. The van der Waals surface area contributed by atoms with Crippen molar-refractivity contribution in [3.63, 3.8) is 0 Å². The van der Waals surface area contributed by atoms with Crippen molar-refractivity contribution in [1.29, 1.82) is 0 Å². The van der Waals surface area contributed by atoms with Crippen LogP contribution < -0.4 is 10.2 Å². The van der Waals surface area contributed by atoms with Gasteiger partial charge in [-0.1, -0.05) is 11.3 Å². The van der Waals surface area contributed by atoms with Gasteiger partial charge in [-0.05, 0) is 6.92 Å². The molecule has 1 N–H and O–H groups in total. The summed E-state index contributed by atoms with van der Waals surface area (Å²) < 4.78 is 23.0. The van der Waals surface area contributed by atoms with Gasteiger partial charge >= 0.3 is 5.69 Å². The Balaban J connectivity index is 2.20. The molecule has 1 aromatic rings. The number of nitrogens with zero attached hydrogens (tertiary/aromatic N) is 2. The zero-order chi connectivity index (χ0) is 15.8. The van der Waals surface area contributed by atoms with E-state index in [1.807, 2.05) is 6.92 Å². The van der Waals surface area contributed by atoms with Crippen molar-refractivity contribution in [2.24, 2.45) is 5.92 Å². The Kier molecular flexibility index (Phi) is 4.19. The highest BCUT2D eigenvalue weighted by molar-refractivity contribution is 7.92. The van der Waals surface area contributed by atoms with Crippen molar-refractivity contribution in [3.05, 3.63) is 16.2 Å². The molecule has 0 atom stereocenters. The lowest BCUT2D eigenvalue weighted by molar-refractivity contribution is -0.383. The summed E-state index contributed by atoms with van der Waals surface area (Å²) >= 11 is 0.870. The number of rotatable bonds is 5. The van der Waals surface area contributed by atoms with Crippen LogP contribution >= 0.6 is 11.3 Å². The van der Waals surface area contributed by atoms with Crippen LogP contribution in [0.1, 0.15) is 6.92 Å². The summed E-state index contributed by atoms with van der Waals surface area (Å²) in [7, 11) is -3.49. The quantitative estimate of drug-likeness (QED) is 0.625. The first-order valence-corrected chi connectivity index (χ1v) is 8.95. The zero-order valence-electron chi connectivity index (χ0n) is 11.5. The lowest BCUT2D eigenvalue weighted by Crippen LogP contribution is -2.53. The minimum absolute atomic E-state index is 0.0364. The van der Waals surface area contributed by atoms with E-state index in [9.17, 15) is 23.3 Å². The molecular weight excluding hydrogens is 318 g/mol. The third-order valence-electron chi connectivity index (χ3n) is 3.12. The highest BCUT2D eigenvalue weighted by atomic mass is 32.2. The van der Waals surface area contributed by atoms with Gasteiger partial charge in [0.1, 0.15) is 4.21 Å². The minimum atomic E-state index is -3.49. The van der Waals surface area contributed by atoms with Crippen LogP contribution in [0.25, 0.3) is 0 Å². The van der Waals surface area contributed by atoms with Crippen LogP contribution in [0.3, 0.4) is 0 Å². The fourth-order valence-electron chi connectivity index (χ4n) is 2.02. The first-order valence-electron chi connectivity index (χ1n) is 6.25. The van der Waals surface area contributed by atoms with Crippen LogP contribution in [0.5, 0.6) is 0 Å². The second-order valence-electron chi connectivity index (χ2n) is 4.78. The molecule has 2 heterocycles. The van der Waals surface area contributed by atoms with E-state index in [-0.39, 0.29) is 21.7 Å². The number of thiophene rings is 1. The van der Waals surface area contributed by atoms with E-state index in [1.54, 1.807) is 4.90 Å². The van der Waals surface area contributed by atoms with Crippen molar-refractivity contribution in [2.75, 3.05) is 30.8 Å². The van der Waals surface area contributed by atoms with E-state index < -0.39 is 14.8 Å². The van der Waals surface area contributed by atoms with Crippen molar-refractivity contribution in [1.82, 2.24) is 5.32 Å². The van der Waals surface area contributed by atoms with Crippen LogP contribution in [0.4, 0.5) is 10.7 Å². The summed E-state index contributed by atoms with van der Waals surface area (Å²) in [5.41, 5.74) is -0.227. The molecule has 1 saturated heterocycles. The highest BCUT2D eigenvalue weighted by Gasteiger charge is 2.37. The minimum Gasteiger partial charge on any atom is -0.356 e. The summed E-state index contributed by atoms with van der Waals surface area (Å²) in [5.74, 6) is -0.301. The van der Waals surface area contributed by atoms with Crippen molar-refractivity contribution >= 4 is 37.8 Å². The number of hydrogen-bond acceptors (Lipinski definition) is 7. The lowest BCUT2D eigenvalue weighted by Gasteiger charge is -2.38. The Bertz CT molecular complexity index is 676. The second kappa shape index (κ2) is 5.60. The molecule has 2 rings (SSSR count). The van der Waals surface area contributed by atoms with E-state index in [1.165, 1.54) is 0 Å². The Morgan fingerprint density at radius 3 is 2.67 bits per heavy atom. The number of nitrogens with one attached hydrogen (secondary N) is 1. The molecule has 10 heteroatoms. The number of carbonyl (C=O) groups is 1. The van der Waals surface area contributed by atoms with Crippen LogP contribution in [0.15, 0.2) is 10.3 Å². The van der Waals surface area contributed by atoms with Crippen molar-refractivity contribution < 1.29 is 18.1 Å². The zero-order valence-corrected chi connectivity index (χ0v) is 13.2. The van der Waals surface area contributed by atoms with Gasteiger partial charge in [-0.15, -0.1) is 0 Å². The largest absolute Gasteiger partial charge is 0.356 e. The van der Waals surface area contributed by atoms with Crippen molar-refractivity contribution in [3.8, 4) is 0 Å². The monoisotopic (exact) mass is 333 g/mol. The smallest absolute Gasteiger partial charge is 0.305 e. The number of amides is 1. The number of hydrogen-bond donors (Lipinski definition) is 1. The van der Waals surface area contributed by atoms with Crippen LogP contribution in [0.2, 0.25) is 0 Å². The van der Waals surface area contributed by atoms with Crippen LogP contribution in [-0.4, -0.2) is 45.1 Å². The van der Waals surface area contributed by atoms with Crippen LogP contribution in [-0.2, 0) is 14.6 Å². The molecule has 0 unspecified atom stereocenters. The summed E-state index contributed by atoms with van der Waals surface area (Å²) in [6.07, 6.45) is 1.01. The molecule has 0 bridgehead atoms. The molecule has 1 aromatic heterocycles. The summed E-state index contributed by atoms with van der Waals surface area (Å²) in [5, 5.41) is 14.0. The molecule has 1 aliphatic rings. The Hall–Kier alpha value is -1.68. The van der Waals surface area contributed by atoms with E-state index >= 15 is 0 Å². The predicted octanol–water partition coefficient (Wildman–Crippen LogP) is 0.632. The average molecular weight is 333 g/mol. The Labute approximate surface area is 125 Å². The molecule has 0 aromatic carbocycles. The summed E-state index contributed by atoms with van der Waals surface area (Å²) in [6, 6.07) is 1.08. The topological polar surface area (TPSA) is 110 Å². The van der Waals surface area contributed by atoms with Crippen LogP contribution in [0, 0.1) is 16.0 Å². The first-order chi connectivity index (χ1) is 9.74. The number of carbonyl (C=O) groups excluding carboxylic acids is 1. The van der Waals surface area contributed by atoms with E-state index in [0.717, 1.165) is 23.7 Å². The molecule has 0 aliphatic carbocycles. The molecule has 0 saturated carbocycles. The molecule has 8 nitrogen and oxygen atoms in total. The molecule has 1 aliphatic heterocycles. The maximum absolute atomic E-state index is 11.6. The maximum atomic E-state index is 11.6. The van der Waals surface area contributed by atoms with Gasteiger partial charge in [-0.2, -0.15) is 0 Å². The fraction of sp³-hybridized carbons (Fsp3) is 0.545. The van der Waals surface area contributed by atoms with Gasteiger partial charge in [0, 0.05) is 32.0 Å². The van der Waals surface area contributed by atoms with Gasteiger partial charge in [0.25, 0.3) is 0 Å². The molecular formula is C11H15N3O5S2. The normalized spacial score (nSPS) is 15.6. The Morgan fingerprint density at radius 1 is 1.57 bits per heavy atom. The summed E-state index contributed by atoms with van der Waals surface area (Å²) in [4.78, 5) is 23.7.